The van der Waals surface area contributed by atoms with Crippen molar-refractivity contribution in [3.63, 3.8) is 0 Å². The van der Waals surface area contributed by atoms with E-state index in [2.05, 4.69) is 0 Å². The smallest absolute Gasteiger partial charge is 0.140 e. The van der Waals surface area contributed by atoms with Crippen molar-refractivity contribution in [3.8, 4) is 5.75 Å². The summed E-state index contributed by atoms with van der Waals surface area (Å²) >= 11 is 5.87. The Hall–Kier alpha value is -0.730. The highest BCUT2D eigenvalue weighted by Gasteiger charge is 2.44. The summed E-state index contributed by atoms with van der Waals surface area (Å²) in [5.41, 5.74) is 0.809. The van der Waals surface area contributed by atoms with Crippen LogP contribution in [0.1, 0.15) is 30.9 Å². The van der Waals surface area contributed by atoms with Gasteiger partial charge < -0.3 is 10.2 Å². The highest BCUT2D eigenvalue weighted by Crippen LogP contribution is 2.50. The zero-order valence-electron chi connectivity index (χ0n) is 8.05. The Labute approximate surface area is 88.1 Å². The molecule has 0 radical (unpaired) electrons. The molecule has 2 N–H and O–H groups in total. The van der Waals surface area contributed by atoms with Gasteiger partial charge >= 0.3 is 0 Å². The molecule has 1 aliphatic rings. The van der Waals surface area contributed by atoms with Crippen LogP contribution in [-0.4, -0.2) is 10.2 Å². The molecule has 0 aromatic heterocycles. The summed E-state index contributed by atoms with van der Waals surface area (Å²) in [6, 6.07) is 3.58. The van der Waals surface area contributed by atoms with E-state index in [-0.39, 0.29) is 5.75 Å². The standard InChI is InChI=1S/C11H13ClO2/c1-2-7-5-8(11(14)3-4-11)10(13)9(12)6-7/h5-6,13-14H,2-4H2,1H3. The summed E-state index contributed by atoms with van der Waals surface area (Å²) < 4.78 is 0. The first-order valence-electron chi connectivity index (χ1n) is 4.81. The normalized spacial score (nSPS) is 18.2. The minimum atomic E-state index is -0.821. The van der Waals surface area contributed by atoms with Gasteiger partial charge in [-0.1, -0.05) is 18.5 Å². The molecular weight excluding hydrogens is 200 g/mol. The van der Waals surface area contributed by atoms with Crippen molar-refractivity contribution in [2.45, 2.75) is 31.8 Å². The van der Waals surface area contributed by atoms with Crippen LogP contribution in [0.2, 0.25) is 5.02 Å². The van der Waals surface area contributed by atoms with Crippen molar-refractivity contribution in [2.75, 3.05) is 0 Å². The lowest BCUT2D eigenvalue weighted by Gasteiger charge is -2.13. The maximum Gasteiger partial charge on any atom is 0.140 e. The molecule has 14 heavy (non-hydrogen) atoms. The Morgan fingerprint density at radius 1 is 1.43 bits per heavy atom. The average molecular weight is 213 g/mol. The van der Waals surface area contributed by atoms with Crippen molar-refractivity contribution in [3.05, 3.63) is 28.3 Å². The molecule has 2 nitrogen and oxygen atoms in total. The molecule has 0 spiro atoms. The molecule has 2 rings (SSSR count). The Bertz CT molecular complexity index is 370. The first kappa shape index (κ1) is 9.81. The second-order valence-corrected chi connectivity index (χ2v) is 4.27. The quantitative estimate of drug-likeness (QED) is 0.791. The van der Waals surface area contributed by atoms with Crippen molar-refractivity contribution in [1.82, 2.24) is 0 Å². The van der Waals surface area contributed by atoms with Gasteiger partial charge in [0.25, 0.3) is 0 Å². The second-order valence-electron chi connectivity index (χ2n) is 3.86. The number of hydrogen-bond acceptors (Lipinski definition) is 2. The summed E-state index contributed by atoms with van der Waals surface area (Å²) in [6.45, 7) is 2.02. The van der Waals surface area contributed by atoms with Crippen molar-refractivity contribution in [2.24, 2.45) is 0 Å². The molecule has 1 saturated carbocycles. The number of phenolic OH excluding ortho intramolecular Hbond substituents is 1. The minimum Gasteiger partial charge on any atom is -0.506 e. The summed E-state index contributed by atoms with van der Waals surface area (Å²) in [5, 5.41) is 19.9. The van der Waals surface area contributed by atoms with Crippen LogP contribution in [0.4, 0.5) is 0 Å². The van der Waals surface area contributed by atoms with Gasteiger partial charge in [0.15, 0.2) is 0 Å². The minimum absolute atomic E-state index is 0.0314. The first-order chi connectivity index (χ1) is 6.57. The number of aliphatic hydroxyl groups is 1. The van der Waals surface area contributed by atoms with Gasteiger partial charge in [0, 0.05) is 5.56 Å². The zero-order valence-corrected chi connectivity index (χ0v) is 8.80. The monoisotopic (exact) mass is 212 g/mol. The maximum atomic E-state index is 9.91. The van der Waals surface area contributed by atoms with Crippen molar-refractivity contribution in [1.29, 1.82) is 0 Å². The molecule has 1 aromatic rings. The number of rotatable bonds is 2. The molecule has 3 heteroatoms. The van der Waals surface area contributed by atoms with E-state index in [1.54, 1.807) is 6.07 Å². The molecular formula is C11H13ClO2. The van der Waals surface area contributed by atoms with Crippen LogP contribution in [0, 0.1) is 0 Å². The molecule has 1 aliphatic carbocycles. The Morgan fingerprint density at radius 2 is 2.07 bits per heavy atom. The number of aryl methyl sites for hydroxylation is 1. The third kappa shape index (κ3) is 1.49. The van der Waals surface area contributed by atoms with Crippen LogP contribution in [0.25, 0.3) is 0 Å². The van der Waals surface area contributed by atoms with Gasteiger partial charge in [0.1, 0.15) is 5.75 Å². The number of hydrogen-bond donors (Lipinski definition) is 2. The lowest BCUT2D eigenvalue weighted by molar-refractivity contribution is 0.148. The predicted octanol–water partition coefficient (Wildman–Crippen LogP) is 2.59. The average Bonchev–Trinajstić information content (AvgIpc) is 2.89. The first-order valence-corrected chi connectivity index (χ1v) is 5.19. The van der Waals surface area contributed by atoms with E-state index >= 15 is 0 Å². The number of benzene rings is 1. The van der Waals surface area contributed by atoms with Gasteiger partial charge in [-0.15, -0.1) is 0 Å². The summed E-state index contributed by atoms with van der Waals surface area (Å²) in [5.74, 6) is 0.0314. The Kier molecular flexibility index (Phi) is 2.20. The van der Waals surface area contributed by atoms with Crippen LogP contribution in [0.15, 0.2) is 12.1 Å². The molecule has 0 bridgehead atoms. The third-order valence-corrected chi connectivity index (χ3v) is 3.04. The lowest BCUT2D eigenvalue weighted by Crippen LogP contribution is -2.05. The predicted molar refractivity (Wildman–Crippen MR) is 55.6 cm³/mol. The van der Waals surface area contributed by atoms with Gasteiger partial charge in [0.05, 0.1) is 10.6 Å². The number of phenols is 1. The van der Waals surface area contributed by atoms with Crippen molar-refractivity contribution < 1.29 is 10.2 Å². The summed E-state index contributed by atoms with van der Waals surface area (Å²) in [4.78, 5) is 0. The van der Waals surface area contributed by atoms with Crippen LogP contribution < -0.4 is 0 Å². The highest BCUT2D eigenvalue weighted by molar-refractivity contribution is 6.32. The van der Waals surface area contributed by atoms with E-state index in [4.69, 9.17) is 11.6 Å². The van der Waals surface area contributed by atoms with E-state index in [1.165, 1.54) is 0 Å². The summed E-state index contributed by atoms with van der Waals surface area (Å²) in [6.07, 6.45) is 2.27. The van der Waals surface area contributed by atoms with Crippen LogP contribution >= 0.6 is 11.6 Å². The van der Waals surface area contributed by atoms with Gasteiger partial charge in [-0.3, -0.25) is 0 Å². The number of aromatic hydroxyl groups is 1. The fourth-order valence-corrected chi connectivity index (χ4v) is 1.84. The summed E-state index contributed by atoms with van der Waals surface area (Å²) in [7, 11) is 0. The maximum absolute atomic E-state index is 9.91. The molecule has 1 fully saturated rings. The van der Waals surface area contributed by atoms with E-state index in [0.717, 1.165) is 12.0 Å². The van der Waals surface area contributed by atoms with E-state index in [9.17, 15) is 10.2 Å². The zero-order chi connectivity index (χ0) is 10.3. The Balaban J connectivity index is 2.52. The number of halogens is 1. The lowest BCUT2D eigenvalue weighted by atomic mass is 10.0. The molecule has 76 valence electrons. The van der Waals surface area contributed by atoms with Gasteiger partial charge in [-0.25, -0.2) is 0 Å². The van der Waals surface area contributed by atoms with Crippen LogP contribution in [-0.2, 0) is 12.0 Å². The van der Waals surface area contributed by atoms with Gasteiger partial charge in [0.2, 0.25) is 0 Å². The highest BCUT2D eigenvalue weighted by atomic mass is 35.5. The van der Waals surface area contributed by atoms with Crippen LogP contribution in [0.5, 0.6) is 5.75 Å². The van der Waals surface area contributed by atoms with Gasteiger partial charge in [-0.2, -0.15) is 0 Å². The molecule has 0 amide bonds. The fraction of sp³-hybridized carbons (Fsp3) is 0.455. The molecule has 1 aromatic carbocycles. The van der Waals surface area contributed by atoms with E-state index in [0.29, 0.717) is 23.4 Å². The second kappa shape index (κ2) is 3.14. The van der Waals surface area contributed by atoms with Crippen molar-refractivity contribution >= 4 is 11.6 Å². The Morgan fingerprint density at radius 3 is 2.57 bits per heavy atom. The molecule has 0 heterocycles. The topological polar surface area (TPSA) is 40.5 Å². The fourth-order valence-electron chi connectivity index (χ4n) is 1.60. The largest absolute Gasteiger partial charge is 0.506 e. The molecule has 0 unspecified atom stereocenters. The third-order valence-electron chi connectivity index (χ3n) is 2.76. The van der Waals surface area contributed by atoms with E-state index < -0.39 is 5.60 Å². The van der Waals surface area contributed by atoms with Crippen LogP contribution in [0.3, 0.4) is 0 Å². The molecule has 0 aliphatic heterocycles. The molecule has 0 saturated heterocycles. The molecule has 0 atom stereocenters. The van der Waals surface area contributed by atoms with E-state index in [1.807, 2.05) is 13.0 Å². The van der Waals surface area contributed by atoms with Gasteiger partial charge in [-0.05, 0) is 37.0 Å². The SMILES string of the molecule is CCc1cc(Cl)c(O)c(C2(O)CC2)c1.